The van der Waals surface area contributed by atoms with Gasteiger partial charge in [-0.15, -0.1) is 0 Å². The van der Waals surface area contributed by atoms with Crippen LogP contribution in [0.2, 0.25) is 0 Å². The van der Waals surface area contributed by atoms with E-state index in [0.29, 0.717) is 5.75 Å². The van der Waals surface area contributed by atoms with Gasteiger partial charge in [0.05, 0.1) is 0 Å². The summed E-state index contributed by atoms with van der Waals surface area (Å²) < 4.78 is 47.4. The van der Waals surface area contributed by atoms with Crippen LogP contribution in [0.1, 0.15) is 0 Å². The SMILES string of the molecule is CN1CCS(=O)CC1C(F)(F)F. The molecule has 6 heteroatoms. The molecule has 0 saturated carbocycles. The molecular formula is C6H10F3NOS. The molecule has 0 aromatic heterocycles. The van der Waals surface area contributed by atoms with Crippen molar-refractivity contribution in [3.63, 3.8) is 0 Å². The molecule has 0 aliphatic carbocycles. The molecular weight excluding hydrogens is 191 g/mol. The van der Waals surface area contributed by atoms with Crippen LogP contribution in [0, 0.1) is 0 Å². The van der Waals surface area contributed by atoms with E-state index in [-0.39, 0.29) is 12.3 Å². The Morgan fingerprint density at radius 1 is 1.50 bits per heavy atom. The molecule has 0 bridgehead atoms. The highest BCUT2D eigenvalue weighted by Gasteiger charge is 2.44. The van der Waals surface area contributed by atoms with Gasteiger partial charge in [0.2, 0.25) is 0 Å². The van der Waals surface area contributed by atoms with Gasteiger partial charge in [0.25, 0.3) is 0 Å². The predicted octanol–water partition coefficient (Wildman–Crippen LogP) is 0.611. The van der Waals surface area contributed by atoms with Crippen LogP contribution in [-0.4, -0.2) is 46.4 Å². The van der Waals surface area contributed by atoms with Crippen LogP contribution < -0.4 is 0 Å². The minimum absolute atomic E-state index is 0.261. The van der Waals surface area contributed by atoms with Crippen LogP contribution in [0.15, 0.2) is 0 Å². The van der Waals surface area contributed by atoms with Gasteiger partial charge in [-0.2, -0.15) is 13.2 Å². The minimum Gasteiger partial charge on any atom is -0.294 e. The molecule has 0 aromatic rings. The van der Waals surface area contributed by atoms with Crippen molar-refractivity contribution in [1.29, 1.82) is 0 Å². The van der Waals surface area contributed by atoms with Crippen molar-refractivity contribution in [3.8, 4) is 0 Å². The van der Waals surface area contributed by atoms with Crippen molar-refractivity contribution >= 4 is 10.8 Å². The summed E-state index contributed by atoms with van der Waals surface area (Å²) in [6.45, 7) is 0.261. The molecule has 0 amide bonds. The highest BCUT2D eigenvalue weighted by Crippen LogP contribution is 2.26. The van der Waals surface area contributed by atoms with E-state index in [1.807, 2.05) is 0 Å². The third-order valence-electron chi connectivity index (χ3n) is 1.93. The van der Waals surface area contributed by atoms with E-state index in [0.717, 1.165) is 0 Å². The first kappa shape index (κ1) is 9.98. The Balaban J connectivity index is 2.67. The van der Waals surface area contributed by atoms with Crippen LogP contribution in [-0.2, 0) is 10.8 Å². The molecule has 1 heterocycles. The molecule has 0 spiro atoms. The second-order valence-electron chi connectivity index (χ2n) is 2.85. The molecule has 0 aromatic carbocycles. The van der Waals surface area contributed by atoms with Gasteiger partial charge in [-0.3, -0.25) is 9.11 Å². The van der Waals surface area contributed by atoms with Gasteiger partial charge in [-0.1, -0.05) is 0 Å². The fourth-order valence-electron chi connectivity index (χ4n) is 1.13. The molecule has 1 fully saturated rings. The van der Waals surface area contributed by atoms with Gasteiger partial charge in [-0.25, -0.2) is 0 Å². The Hall–Kier alpha value is -0.100. The number of halogens is 3. The summed E-state index contributed by atoms with van der Waals surface area (Å²) in [6, 6.07) is -1.52. The third kappa shape index (κ3) is 2.20. The largest absolute Gasteiger partial charge is 0.404 e. The van der Waals surface area contributed by atoms with Crippen LogP contribution >= 0.6 is 0 Å². The summed E-state index contributed by atoms with van der Waals surface area (Å²) in [5.74, 6) is 0.0725. The summed E-state index contributed by atoms with van der Waals surface area (Å²) in [6.07, 6.45) is -4.25. The maximum absolute atomic E-state index is 12.2. The number of alkyl halides is 3. The smallest absolute Gasteiger partial charge is 0.294 e. The van der Waals surface area contributed by atoms with E-state index in [2.05, 4.69) is 0 Å². The van der Waals surface area contributed by atoms with E-state index < -0.39 is 23.0 Å². The molecule has 1 aliphatic heterocycles. The molecule has 1 saturated heterocycles. The third-order valence-corrected chi connectivity index (χ3v) is 3.25. The molecule has 1 aliphatic rings. The van der Waals surface area contributed by atoms with Crippen molar-refractivity contribution in [2.24, 2.45) is 0 Å². The molecule has 1 rings (SSSR count). The summed E-state index contributed by atoms with van der Waals surface area (Å²) >= 11 is 0. The molecule has 2 nitrogen and oxygen atoms in total. The maximum atomic E-state index is 12.2. The molecule has 12 heavy (non-hydrogen) atoms. The highest BCUT2D eigenvalue weighted by atomic mass is 32.2. The predicted molar refractivity (Wildman–Crippen MR) is 40.3 cm³/mol. The molecule has 2 unspecified atom stereocenters. The van der Waals surface area contributed by atoms with Gasteiger partial charge in [0.1, 0.15) is 6.04 Å². The first-order chi connectivity index (χ1) is 5.41. The Labute approximate surface area is 71.2 Å². The monoisotopic (exact) mass is 201 g/mol. The first-order valence-corrected chi connectivity index (χ1v) is 5.02. The summed E-state index contributed by atoms with van der Waals surface area (Å²) in [7, 11) is 0.112. The van der Waals surface area contributed by atoms with Crippen molar-refractivity contribution in [2.75, 3.05) is 25.1 Å². The Kier molecular flexibility index (Phi) is 2.77. The van der Waals surface area contributed by atoms with E-state index in [1.54, 1.807) is 0 Å². The topological polar surface area (TPSA) is 20.3 Å². The zero-order chi connectivity index (χ0) is 9.35. The summed E-state index contributed by atoms with van der Waals surface area (Å²) in [5.41, 5.74) is 0. The summed E-state index contributed by atoms with van der Waals surface area (Å²) in [4.78, 5) is 1.21. The van der Waals surface area contributed by atoms with Gasteiger partial charge >= 0.3 is 6.18 Å². The lowest BCUT2D eigenvalue weighted by molar-refractivity contribution is -0.174. The van der Waals surface area contributed by atoms with Crippen LogP contribution in [0.5, 0.6) is 0 Å². The van der Waals surface area contributed by atoms with Crippen LogP contribution in [0.4, 0.5) is 13.2 Å². The normalized spacial score (nSPS) is 33.7. The van der Waals surface area contributed by atoms with Crippen molar-refractivity contribution in [3.05, 3.63) is 0 Å². The summed E-state index contributed by atoms with van der Waals surface area (Å²) in [5, 5.41) is 0. The first-order valence-electron chi connectivity index (χ1n) is 3.53. The number of nitrogens with zero attached hydrogens (tertiary/aromatic N) is 1. The number of hydrogen-bond acceptors (Lipinski definition) is 2. The van der Waals surface area contributed by atoms with E-state index in [4.69, 9.17) is 0 Å². The average molecular weight is 201 g/mol. The van der Waals surface area contributed by atoms with E-state index in [9.17, 15) is 17.4 Å². The quantitative estimate of drug-likeness (QED) is 0.572. The second kappa shape index (κ2) is 3.33. The van der Waals surface area contributed by atoms with Gasteiger partial charge in [0, 0.05) is 28.9 Å². The van der Waals surface area contributed by atoms with Gasteiger partial charge < -0.3 is 0 Å². The Bertz CT molecular complexity index is 194. The highest BCUT2D eigenvalue weighted by molar-refractivity contribution is 7.85. The molecule has 72 valence electrons. The molecule has 0 N–H and O–H groups in total. The fraction of sp³-hybridized carbons (Fsp3) is 1.00. The minimum atomic E-state index is -4.25. The molecule has 2 atom stereocenters. The van der Waals surface area contributed by atoms with Crippen LogP contribution in [0.3, 0.4) is 0 Å². The average Bonchev–Trinajstić information content (AvgIpc) is 1.92. The molecule has 0 radical (unpaired) electrons. The number of hydrogen-bond donors (Lipinski definition) is 0. The van der Waals surface area contributed by atoms with E-state index >= 15 is 0 Å². The fourth-order valence-corrected chi connectivity index (χ4v) is 2.59. The lowest BCUT2D eigenvalue weighted by atomic mass is 10.3. The number of rotatable bonds is 0. The lowest BCUT2D eigenvalue weighted by Crippen LogP contribution is -2.52. The van der Waals surface area contributed by atoms with Crippen molar-refractivity contribution in [1.82, 2.24) is 4.90 Å². The van der Waals surface area contributed by atoms with Gasteiger partial charge in [-0.05, 0) is 7.05 Å². The van der Waals surface area contributed by atoms with Gasteiger partial charge in [0.15, 0.2) is 0 Å². The maximum Gasteiger partial charge on any atom is 0.404 e. The van der Waals surface area contributed by atoms with Crippen LogP contribution in [0.25, 0.3) is 0 Å². The van der Waals surface area contributed by atoms with Crippen molar-refractivity contribution < 1.29 is 17.4 Å². The Morgan fingerprint density at radius 2 is 2.08 bits per heavy atom. The zero-order valence-electron chi connectivity index (χ0n) is 6.60. The van der Waals surface area contributed by atoms with Crippen molar-refractivity contribution in [2.45, 2.75) is 12.2 Å². The standard InChI is InChI=1S/C6H10F3NOS/c1-10-2-3-12(11)4-5(10)6(7,8)9/h5H,2-4H2,1H3. The van der Waals surface area contributed by atoms with E-state index in [1.165, 1.54) is 11.9 Å². The Morgan fingerprint density at radius 3 is 2.50 bits per heavy atom. The lowest BCUT2D eigenvalue weighted by Gasteiger charge is -2.32. The second-order valence-corrected chi connectivity index (χ2v) is 4.47. The zero-order valence-corrected chi connectivity index (χ0v) is 7.41.